The number of carbonyl (C=O) groups is 1. The lowest BCUT2D eigenvalue weighted by atomic mass is 10.2. The maximum absolute atomic E-state index is 11.0. The zero-order valence-corrected chi connectivity index (χ0v) is 8.42. The highest BCUT2D eigenvalue weighted by Gasteiger charge is 2.30. The number of amides is 1. The van der Waals surface area contributed by atoms with Crippen molar-refractivity contribution in [2.24, 2.45) is 5.73 Å². The van der Waals surface area contributed by atoms with Gasteiger partial charge in [-0.2, -0.15) is 0 Å². The van der Waals surface area contributed by atoms with Crippen LogP contribution in [0.5, 0.6) is 0 Å². The molecule has 4 heteroatoms. The van der Waals surface area contributed by atoms with Gasteiger partial charge in [-0.25, -0.2) is 0 Å². The molecule has 1 aliphatic heterocycles. The summed E-state index contributed by atoms with van der Waals surface area (Å²) in [7, 11) is 1.94. The first-order chi connectivity index (χ1) is 6.16. The van der Waals surface area contributed by atoms with Gasteiger partial charge in [-0.3, -0.25) is 9.69 Å². The molecular formula is C9H19N3O. The van der Waals surface area contributed by atoms with E-state index in [0.29, 0.717) is 6.04 Å². The highest BCUT2D eigenvalue weighted by molar-refractivity contribution is 5.79. The Hall–Kier alpha value is -0.610. The van der Waals surface area contributed by atoms with Gasteiger partial charge in [-0.05, 0) is 33.4 Å². The minimum absolute atomic E-state index is 0.124. The zero-order valence-electron chi connectivity index (χ0n) is 8.42. The molecule has 1 aliphatic rings. The molecule has 0 saturated carbocycles. The fourth-order valence-electron chi connectivity index (χ4n) is 1.99. The first kappa shape index (κ1) is 10.5. The van der Waals surface area contributed by atoms with Gasteiger partial charge in [0.05, 0.1) is 6.04 Å². The largest absolute Gasteiger partial charge is 0.368 e. The molecule has 1 saturated heterocycles. The van der Waals surface area contributed by atoms with Crippen LogP contribution in [0.3, 0.4) is 0 Å². The summed E-state index contributed by atoms with van der Waals surface area (Å²) in [5, 5.41) is 3.14. The van der Waals surface area contributed by atoms with Crippen LogP contribution in [0.1, 0.15) is 19.8 Å². The number of likely N-dealkylation sites (tertiary alicyclic amines) is 1. The number of rotatable bonds is 4. The van der Waals surface area contributed by atoms with Gasteiger partial charge in [0, 0.05) is 12.6 Å². The minimum atomic E-state index is -0.219. The van der Waals surface area contributed by atoms with Gasteiger partial charge in [0.2, 0.25) is 5.91 Å². The normalized spacial score (nSPS) is 26.2. The minimum Gasteiger partial charge on any atom is -0.368 e. The van der Waals surface area contributed by atoms with E-state index in [0.717, 1.165) is 13.1 Å². The van der Waals surface area contributed by atoms with E-state index in [1.165, 1.54) is 12.8 Å². The lowest BCUT2D eigenvalue weighted by molar-refractivity contribution is -0.122. The molecule has 76 valence electrons. The molecule has 2 atom stereocenters. The van der Waals surface area contributed by atoms with E-state index in [-0.39, 0.29) is 11.9 Å². The van der Waals surface area contributed by atoms with Crippen molar-refractivity contribution in [1.29, 1.82) is 0 Å². The Morgan fingerprint density at radius 2 is 2.46 bits per heavy atom. The van der Waals surface area contributed by atoms with E-state index in [9.17, 15) is 4.79 Å². The summed E-state index contributed by atoms with van der Waals surface area (Å²) in [6.45, 7) is 3.82. The average molecular weight is 185 g/mol. The highest BCUT2D eigenvalue weighted by Crippen LogP contribution is 2.19. The van der Waals surface area contributed by atoms with Crippen molar-refractivity contribution < 1.29 is 4.79 Å². The Morgan fingerprint density at radius 3 is 3.00 bits per heavy atom. The van der Waals surface area contributed by atoms with E-state index in [2.05, 4.69) is 10.2 Å². The van der Waals surface area contributed by atoms with E-state index in [1.807, 2.05) is 14.0 Å². The average Bonchev–Trinajstić information content (AvgIpc) is 2.52. The Labute approximate surface area is 79.5 Å². The van der Waals surface area contributed by atoms with E-state index in [1.54, 1.807) is 0 Å². The van der Waals surface area contributed by atoms with Gasteiger partial charge in [-0.1, -0.05) is 0 Å². The number of nitrogens with two attached hydrogens (primary N) is 1. The van der Waals surface area contributed by atoms with Crippen LogP contribution in [0.2, 0.25) is 0 Å². The molecule has 1 rings (SSSR count). The Bertz CT molecular complexity index is 184. The molecule has 0 aromatic carbocycles. The van der Waals surface area contributed by atoms with E-state index >= 15 is 0 Å². The molecule has 2 unspecified atom stereocenters. The van der Waals surface area contributed by atoms with Crippen LogP contribution in [0.15, 0.2) is 0 Å². The Morgan fingerprint density at radius 1 is 1.77 bits per heavy atom. The molecule has 4 nitrogen and oxygen atoms in total. The monoisotopic (exact) mass is 185 g/mol. The third-order valence-electron chi connectivity index (χ3n) is 2.77. The van der Waals surface area contributed by atoms with Gasteiger partial charge in [0.1, 0.15) is 0 Å². The number of likely N-dealkylation sites (N-methyl/N-ethyl adjacent to an activating group) is 1. The second-order valence-electron chi connectivity index (χ2n) is 3.67. The van der Waals surface area contributed by atoms with Crippen LogP contribution in [-0.4, -0.2) is 43.0 Å². The predicted molar refractivity (Wildman–Crippen MR) is 52.3 cm³/mol. The van der Waals surface area contributed by atoms with Crippen molar-refractivity contribution in [3.05, 3.63) is 0 Å². The Balaban J connectivity index is 2.51. The molecule has 0 aromatic heterocycles. The number of carbonyl (C=O) groups excluding carboxylic acids is 1. The molecule has 3 N–H and O–H groups in total. The van der Waals surface area contributed by atoms with Gasteiger partial charge < -0.3 is 11.1 Å². The number of nitrogens with one attached hydrogen (secondary N) is 1. The second kappa shape index (κ2) is 4.58. The van der Waals surface area contributed by atoms with Crippen molar-refractivity contribution >= 4 is 5.91 Å². The third kappa shape index (κ3) is 2.42. The Kier molecular flexibility index (Phi) is 3.69. The van der Waals surface area contributed by atoms with Crippen LogP contribution >= 0.6 is 0 Å². The molecule has 1 heterocycles. The van der Waals surface area contributed by atoms with Crippen molar-refractivity contribution in [1.82, 2.24) is 10.2 Å². The van der Waals surface area contributed by atoms with E-state index in [4.69, 9.17) is 5.73 Å². The van der Waals surface area contributed by atoms with Crippen LogP contribution in [-0.2, 0) is 4.79 Å². The number of nitrogens with zero attached hydrogens (tertiary/aromatic N) is 1. The summed E-state index contributed by atoms with van der Waals surface area (Å²) >= 11 is 0. The van der Waals surface area contributed by atoms with Crippen molar-refractivity contribution in [3.8, 4) is 0 Å². The smallest absolute Gasteiger partial charge is 0.234 e. The molecule has 1 fully saturated rings. The van der Waals surface area contributed by atoms with E-state index < -0.39 is 0 Å². The quantitative estimate of drug-likeness (QED) is 0.623. The maximum atomic E-state index is 11.0. The summed E-state index contributed by atoms with van der Waals surface area (Å²) < 4.78 is 0. The van der Waals surface area contributed by atoms with Gasteiger partial charge in [0.15, 0.2) is 0 Å². The standard InChI is InChI=1S/C9H19N3O/c1-7(9(10)13)12-5-3-4-8(12)6-11-2/h7-8,11H,3-6H2,1-2H3,(H2,10,13). The molecule has 0 bridgehead atoms. The van der Waals surface area contributed by atoms with Gasteiger partial charge in [0.25, 0.3) is 0 Å². The van der Waals surface area contributed by atoms with Crippen LogP contribution in [0.25, 0.3) is 0 Å². The maximum Gasteiger partial charge on any atom is 0.234 e. The van der Waals surface area contributed by atoms with Crippen LogP contribution < -0.4 is 11.1 Å². The second-order valence-corrected chi connectivity index (χ2v) is 3.67. The first-order valence-electron chi connectivity index (χ1n) is 4.86. The summed E-state index contributed by atoms with van der Waals surface area (Å²) in [5.74, 6) is -0.219. The number of hydrogen-bond acceptors (Lipinski definition) is 3. The molecule has 0 radical (unpaired) electrons. The topological polar surface area (TPSA) is 58.4 Å². The lowest BCUT2D eigenvalue weighted by Gasteiger charge is -2.28. The predicted octanol–water partition coefficient (Wildman–Crippen LogP) is -0.456. The van der Waals surface area contributed by atoms with Crippen LogP contribution in [0.4, 0.5) is 0 Å². The summed E-state index contributed by atoms with van der Waals surface area (Å²) in [6, 6.07) is 0.355. The molecule has 13 heavy (non-hydrogen) atoms. The first-order valence-corrected chi connectivity index (χ1v) is 4.86. The summed E-state index contributed by atoms with van der Waals surface area (Å²) in [4.78, 5) is 13.2. The van der Waals surface area contributed by atoms with Crippen molar-refractivity contribution in [3.63, 3.8) is 0 Å². The number of hydrogen-bond donors (Lipinski definition) is 2. The number of primary amides is 1. The fraction of sp³-hybridized carbons (Fsp3) is 0.889. The highest BCUT2D eigenvalue weighted by atomic mass is 16.1. The lowest BCUT2D eigenvalue weighted by Crippen LogP contribution is -2.47. The molecule has 0 aliphatic carbocycles. The third-order valence-corrected chi connectivity index (χ3v) is 2.77. The van der Waals surface area contributed by atoms with Gasteiger partial charge in [-0.15, -0.1) is 0 Å². The SMILES string of the molecule is CNCC1CCCN1C(C)C(N)=O. The van der Waals surface area contributed by atoms with Crippen LogP contribution in [0, 0.1) is 0 Å². The van der Waals surface area contributed by atoms with Crippen molar-refractivity contribution in [2.75, 3.05) is 20.1 Å². The molecule has 0 spiro atoms. The molecule has 1 amide bonds. The molecular weight excluding hydrogens is 166 g/mol. The summed E-state index contributed by atoms with van der Waals surface area (Å²) in [5.41, 5.74) is 5.27. The van der Waals surface area contributed by atoms with Gasteiger partial charge >= 0.3 is 0 Å². The zero-order chi connectivity index (χ0) is 9.84. The van der Waals surface area contributed by atoms with Crippen molar-refractivity contribution in [2.45, 2.75) is 31.8 Å². The summed E-state index contributed by atoms with van der Waals surface area (Å²) in [6.07, 6.45) is 2.34. The fourth-order valence-corrected chi connectivity index (χ4v) is 1.99. The molecule has 0 aromatic rings.